The molecule has 0 N–H and O–H groups in total. The maximum atomic E-state index is 12.6. The number of rotatable bonds is 4. The highest BCUT2D eigenvalue weighted by molar-refractivity contribution is 5.92. The van der Waals surface area contributed by atoms with Gasteiger partial charge in [-0.1, -0.05) is 38.8 Å². The van der Waals surface area contributed by atoms with Gasteiger partial charge >= 0.3 is 0 Å². The van der Waals surface area contributed by atoms with Gasteiger partial charge in [-0.15, -0.1) is 0 Å². The number of ether oxygens (including phenoxy) is 1. The predicted molar refractivity (Wildman–Crippen MR) is 73.0 cm³/mol. The number of Topliss-reactive ketones (excluding diaryl/α,β-unsaturated/α-hetero) is 1. The summed E-state index contributed by atoms with van der Waals surface area (Å²) in [5, 5.41) is 0. The fraction of sp³-hybridized carbons (Fsp3) is 0.562. The van der Waals surface area contributed by atoms with E-state index in [1.165, 1.54) is 0 Å². The molecule has 98 valence electrons. The smallest absolute Gasteiger partial charge is 0.145 e. The van der Waals surface area contributed by atoms with Gasteiger partial charge < -0.3 is 4.74 Å². The van der Waals surface area contributed by atoms with Crippen molar-refractivity contribution in [3.63, 3.8) is 0 Å². The van der Waals surface area contributed by atoms with Crippen LogP contribution in [-0.2, 0) is 10.2 Å². The van der Waals surface area contributed by atoms with Crippen molar-refractivity contribution in [1.29, 1.82) is 0 Å². The molecule has 1 aromatic carbocycles. The van der Waals surface area contributed by atoms with Gasteiger partial charge in [0.2, 0.25) is 0 Å². The molecule has 0 unspecified atom stereocenters. The van der Waals surface area contributed by atoms with Gasteiger partial charge in [-0.3, -0.25) is 4.79 Å². The van der Waals surface area contributed by atoms with Crippen LogP contribution in [0, 0.1) is 5.92 Å². The molecule has 2 rings (SSSR count). The van der Waals surface area contributed by atoms with E-state index >= 15 is 0 Å². The van der Waals surface area contributed by atoms with Crippen LogP contribution in [0.25, 0.3) is 0 Å². The monoisotopic (exact) mass is 246 g/mol. The zero-order chi connectivity index (χ0) is 13.2. The van der Waals surface area contributed by atoms with Gasteiger partial charge in [0.25, 0.3) is 0 Å². The highest BCUT2D eigenvalue weighted by atomic mass is 16.5. The minimum atomic E-state index is -0.261. The normalized spacial score (nSPS) is 18.0. The molecule has 1 aromatic rings. The molecule has 0 atom stereocenters. The van der Waals surface area contributed by atoms with Crippen LogP contribution < -0.4 is 4.74 Å². The average Bonchev–Trinajstić information content (AvgIpc) is 2.88. The number of hydrogen-bond acceptors (Lipinski definition) is 2. The highest BCUT2D eigenvalue weighted by Gasteiger charge is 2.43. The van der Waals surface area contributed by atoms with Crippen LogP contribution in [0.1, 0.15) is 45.1 Å². The van der Waals surface area contributed by atoms with E-state index in [2.05, 4.69) is 6.07 Å². The van der Waals surface area contributed by atoms with Crippen LogP contribution in [0.3, 0.4) is 0 Å². The molecule has 0 radical (unpaired) electrons. The average molecular weight is 246 g/mol. The van der Waals surface area contributed by atoms with Gasteiger partial charge in [0.1, 0.15) is 11.5 Å². The van der Waals surface area contributed by atoms with Crippen molar-refractivity contribution >= 4 is 5.78 Å². The van der Waals surface area contributed by atoms with Crippen LogP contribution >= 0.6 is 0 Å². The van der Waals surface area contributed by atoms with Gasteiger partial charge in [0.15, 0.2) is 0 Å². The summed E-state index contributed by atoms with van der Waals surface area (Å²) in [6.45, 7) is 4.01. The SMILES string of the molecule is COc1cccc(C2(C(=O)C(C)C)CCCC2)c1. The zero-order valence-electron chi connectivity index (χ0n) is 11.5. The summed E-state index contributed by atoms with van der Waals surface area (Å²) in [5.41, 5.74) is 0.876. The molecule has 1 aliphatic carbocycles. The molecular formula is C16H22O2. The number of ketones is 1. The second-order valence-corrected chi connectivity index (χ2v) is 5.54. The standard InChI is InChI=1S/C16H22O2/c1-12(2)15(17)16(9-4-5-10-16)13-7-6-8-14(11-13)18-3/h6-8,11-12H,4-5,9-10H2,1-3H3. The lowest BCUT2D eigenvalue weighted by molar-refractivity contribution is -0.127. The summed E-state index contributed by atoms with van der Waals surface area (Å²) in [7, 11) is 1.67. The summed E-state index contributed by atoms with van der Waals surface area (Å²) in [6, 6.07) is 8.04. The zero-order valence-corrected chi connectivity index (χ0v) is 11.5. The van der Waals surface area contributed by atoms with Crippen molar-refractivity contribution in [2.24, 2.45) is 5.92 Å². The van der Waals surface area contributed by atoms with Gasteiger partial charge in [-0.2, -0.15) is 0 Å². The Morgan fingerprint density at radius 2 is 1.94 bits per heavy atom. The first-order valence-electron chi connectivity index (χ1n) is 6.79. The summed E-state index contributed by atoms with van der Waals surface area (Å²) in [5.74, 6) is 1.32. The molecule has 2 heteroatoms. The van der Waals surface area contributed by atoms with Crippen LogP contribution in [0.2, 0.25) is 0 Å². The molecule has 1 fully saturated rings. The number of carbonyl (C=O) groups is 1. The lowest BCUT2D eigenvalue weighted by Crippen LogP contribution is -2.36. The Morgan fingerprint density at radius 1 is 1.28 bits per heavy atom. The molecule has 1 aliphatic rings. The maximum absolute atomic E-state index is 12.6. The van der Waals surface area contributed by atoms with Gasteiger partial charge in [-0.25, -0.2) is 0 Å². The van der Waals surface area contributed by atoms with E-state index in [1.54, 1.807) is 7.11 Å². The first kappa shape index (κ1) is 13.1. The summed E-state index contributed by atoms with van der Waals surface area (Å²) >= 11 is 0. The third-order valence-corrected chi connectivity index (χ3v) is 4.08. The van der Waals surface area contributed by atoms with Crippen molar-refractivity contribution in [1.82, 2.24) is 0 Å². The molecule has 0 bridgehead atoms. The first-order valence-corrected chi connectivity index (χ1v) is 6.79. The fourth-order valence-electron chi connectivity index (χ4n) is 3.13. The topological polar surface area (TPSA) is 26.3 Å². The van der Waals surface area contributed by atoms with Gasteiger partial charge in [0, 0.05) is 5.92 Å². The number of carbonyl (C=O) groups excluding carboxylic acids is 1. The van der Waals surface area contributed by atoms with Crippen LogP contribution in [-0.4, -0.2) is 12.9 Å². The highest BCUT2D eigenvalue weighted by Crippen LogP contribution is 2.44. The number of benzene rings is 1. The molecule has 0 amide bonds. The third-order valence-electron chi connectivity index (χ3n) is 4.08. The maximum Gasteiger partial charge on any atom is 0.145 e. The largest absolute Gasteiger partial charge is 0.497 e. The Balaban J connectivity index is 2.43. The quantitative estimate of drug-likeness (QED) is 0.809. The van der Waals surface area contributed by atoms with Crippen LogP contribution in [0.4, 0.5) is 0 Å². The van der Waals surface area contributed by atoms with E-state index in [9.17, 15) is 4.79 Å². The number of methoxy groups -OCH3 is 1. The fourth-order valence-corrected chi connectivity index (χ4v) is 3.13. The van der Waals surface area contributed by atoms with E-state index in [4.69, 9.17) is 4.74 Å². The molecule has 0 saturated heterocycles. The molecule has 0 spiro atoms. The van der Waals surface area contributed by atoms with Crippen LogP contribution in [0.5, 0.6) is 5.75 Å². The van der Waals surface area contributed by atoms with Gasteiger partial charge in [-0.05, 0) is 30.5 Å². The number of hydrogen-bond donors (Lipinski definition) is 0. The van der Waals surface area contributed by atoms with E-state index in [0.717, 1.165) is 37.0 Å². The Kier molecular flexibility index (Phi) is 3.74. The van der Waals surface area contributed by atoms with E-state index in [1.807, 2.05) is 32.0 Å². The molecule has 18 heavy (non-hydrogen) atoms. The molecule has 2 nitrogen and oxygen atoms in total. The Labute approximate surface area is 109 Å². The van der Waals surface area contributed by atoms with E-state index in [0.29, 0.717) is 5.78 Å². The second-order valence-electron chi connectivity index (χ2n) is 5.54. The Bertz CT molecular complexity index is 428. The summed E-state index contributed by atoms with van der Waals surface area (Å²) < 4.78 is 5.29. The Morgan fingerprint density at radius 3 is 2.50 bits per heavy atom. The summed E-state index contributed by atoms with van der Waals surface area (Å²) in [4.78, 5) is 12.6. The van der Waals surface area contributed by atoms with Crippen molar-refractivity contribution in [3.8, 4) is 5.75 Å². The first-order chi connectivity index (χ1) is 8.60. The molecular weight excluding hydrogens is 224 g/mol. The van der Waals surface area contributed by atoms with Crippen molar-refractivity contribution < 1.29 is 9.53 Å². The van der Waals surface area contributed by atoms with E-state index in [-0.39, 0.29) is 11.3 Å². The van der Waals surface area contributed by atoms with Crippen LogP contribution in [0.15, 0.2) is 24.3 Å². The van der Waals surface area contributed by atoms with Crippen molar-refractivity contribution in [2.75, 3.05) is 7.11 Å². The van der Waals surface area contributed by atoms with Crippen molar-refractivity contribution in [2.45, 2.75) is 44.9 Å². The molecule has 0 aliphatic heterocycles. The van der Waals surface area contributed by atoms with Crippen molar-refractivity contribution in [3.05, 3.63) is 29.8 Å². The lowest BCUT2D eigenvalue weighted by atomic mass is 9.72. The molecule has 0 aromatic heterocycles. The molecule has 0 heterocycles. The minimum Gasteiger partial charge on any atom is -0.497 e. The second kappa shape index (κ2) is 5.13. The Hall–Kier alpha value is -1.31. The summed E-state index contributed by atoms with van der Waals surface area (Å²) in [6.07, 6.45) is 4.26. The van der Waals surface area contributed by atoms with Gasteiger partial charge in [0.05, 0.1) is 12.5 Å². The third kappa shape index (κ3) is 2.16. The predicted octanol–water partition coefficient (Wildman–Crippen LogP) is 3.73. The van der Waals surface area contributed by atoms with E-state index < -0.39 is 0 Å². The lowest BCUT2D eigenvalue weighted by Gasteiger charge is -2.30. The molecule has 1 saturated carbocycles. The minimum absolute atomic E-state index is 0.0919.